The Morgan fingerprint density at radius 3 is 2.70 bits per heavy atom. The maximum Gasteiger partial charge on any atom is 0.160 e. The van der Waals surface area contributed by atoms with Crippen molar-refractivity contribution in [3.05, 3.63) is 53.8 Å². The van der Waals surface area contributed by atoms with Gasteiger partial charge in [0.25, 0.3) is 0 Å². The molecule has 0 atom stereocenters. The first-order chi connectivity index (χ1) is 9.86. The highest BCUT2D eigenvalue weighted by Crippen LogP contribution is 2.25. The predicted molar refractivity (Wildman–Crippen MR) is 77.9 cm³/mol. The summed E-state index contributed by atoms with van der Waals surface area (Å²) < 4.78 is 0. The Balaban J connectivity index is 2.13. The molecule has 3 aromatic heterocycles. The maximum absolute atomic E-state index is 8.88. The van der Waals surface area contributed by atoms with Crippen LogP contribution in [0.15, 0.2) is 48.1 Å². The topological polar surface area (TPSA) is 62.5 Å². The van der Waals surface area contributed by atoms with Crippen molar-refractivity contribution in [3.63, 3.8) is 0 Å². The summed E-state index contributed by atoms with van der Waals surface area (Å²) >= 11 is 1.62. The maximum atomic E-state index is 8.88. The van der Waals surface area contributed by atoms with Crippen molar-refractivity contribution < 1.29 is 0 Å². The Bertz CT molecular complexity index is 745. The average molecular weight is 278 g/mol. The molecule has 0 unspecified atom stereocenters. The third kappa shape index (κ3) is 2.56. The molecule has 3 rings (SSSR count). The summed E-state index contributed by atoms with van der Waals surface area (Å²) in [4.78, 5) is 14.1. The van der Waals surface area contributed by atoms with E-state index in [9.17, 15) is 0 Å². The number of hydrogen-bond acceptors (Lipinski definition) is 5. The molecule has 0 aliphatic carbocycles. The Morgan fingerprint density at radius 2 is 2.00 bits per heavy atom. The monoisotopic (exact) mass is 278 g/mol. The van der Waals surface area contributed by atoms with Gasteiger partial charge in [0.05, 0.1) is 28.8 Å². The fourth-order valence-electron chi connectivity index (χ4n) is 1.85. The number of hydrogen-bond donors (Lipinski definition) is 0. The largest absolute Gasteiger partial charge is 0.265 e. The molecule has 4 nitrogen and oxygen atoms in total. The van der Waals surface area contributed by atoms with E-state index in [1.165, 1.54) is 0 Å². The van der Waals surface area contributed by atoms with E-state index in [2.05, 4.69) is 21.0 Å². The Morgan fingerprint density at radius 1 is 1.15 bits per heavy atom. The summed E-state index contributed by atoms with van der Waals surface area (Å²) in [6.45, 7) is 0. The van der Waals surface area contributed by atoms with Gasteiger partial charge in [-0.2, -0.15) is 5.26 Å². The first-order valence-corrected chi connectivity index (χ1v) is 6.94. The highest BCUT2D eigenvalue weighted by atomic mass is 32.1. The zero-order valence-corrected chi connectivity index (χ0v) is 11.3. The molecule has 0 amide bonds. The molecule has 0 saturated carbocycles. The lowest BCUT2D eigenvalue weighted by Crippen LogP contribution is -1.97. The number of nitrogens with zero attached hydrogens (tertiary/aromatic N) is 4. The van der Waals surface area contributed by atoms with E-state index in [4.69, 9.17) is 5.26 Å². The Hall–Kier alpha value is -2.58. The molecular formula is C15H10N4S. The molecule has 0 aliphatic rings. The number of rotatable bonds is 3. The summed E-state index contributed by atoms with van der Waals surface area (Å²) in [7, 11) is 0. The van der Waals surface area contributed by atoms with Crippen molar-refractivity contribution in [2.45, 2.75) is 6.42 Å². The van der Waals surface area contributed by atoms with Crippen molar-refractivity contribution in [2.75, 3.05) is 0 Å². The van der Waals surface area contributed by atoms with E-state index in [1.807, 2.05) is 35.7 Å². The molecule has 3 heterocycles. The van der Waals surface area contributed by atoms with Crippen LogP contribution in [0.25, 0.3) is 22.0 Å². The van der Waals surface area contributed by atoms with Gasteiger partial charge in [-0.3, -0.25) is 4.98 Å². The minimum absolute atomic E-state index is 0.277. The van der Waals surface area contributed by atoms with E-state index in [1.54, 1.807) is 23.7 Å². The predicted octanol–water partition coefficient (Wildman–Crippen LogP) is 3.33. The normalized spacial score (nSPS) is 10.2. The van der Waals surface area contributed by atoms with Gasteiger partial charge in [-0.15, -0.1) is 11.3 Å². The molecule has 96 valence electrons. The zero-order valence-electron chi connectivity index (χ0n) is 10.5. The molecule has 20 heavy (non-hydrogen) atoms. The van der Waals surface area contributed by atoms with Gasteiger partial charge in [-0.1, -0.05) is 6.07 Å². The second kappa shape index (κ2) is 5.59. The van der Waals surface area contributed by atoms with Gasteiger partial charge < -0.3 is 0 Å². The second-order valence-electron chi connectivity index (χ2n) is 4.12. The lowest BCUT2D eigenvalue weighted by atomic mass is 10.2. The van der Waals surface area contributed by atoms with Crippen LogP contribution in [-0.4, -0.2) is 15.0 Å². The molecule has 3 aromatic rings. The van der Waals surface area contributed by atoms with E-state index >= 15 is 0 Å². The van der Waals surface area contributed by atoms with Gasteiger partial charge >= 0.3 is 0 Å². The van der Waals surface area contributed by atoms with Gasteiger partial charge in [0, 0.05) is 18.0 Å². The van der Waals surface area contributed by atoms with Crippen molar-refractivity contribution >= 4 is 11.3 Å². The highest BCUT2D eigenvalue weighted by molar-refractivity contribution is 7.13. The molecule has 0 aromatic carbocycles. The third-order valence-electron chi connectivity index (χ3n) is 2.75. The molecule has 0 fully saturated rings. The first kappa shape index (κ1) is 12.5. The molecular weight excluding hydrogens is 268 g/mol. The number of aromatic nitrogens is 3. The van der Waals surface area contributed by atoms with Gasteiger partial charge in [0.15, 0.2) is 5.82 Å². The van der Waals surface area contributed by atoms with Gasteiger partial charge in [0.2, 0.25) is 0 Å². The molecule has 0 N–H and O–H groups in total. The zero-order chi connectivity index (χ0) is 13.8. The van der Waals surface area contributed by atoms with Crippen molar-refractivity contribution in [1.82, 2.24) is 15.0 Å². The van der Waals surface area contributed by atoms with Crippen LogP contribution in [0.5, 0.6) is 0 Å². The number of nitriles is 1. The molecule has 0 radical (unpaired) electrons. The quantitative estimate of drug-likeness (QED) is 0.737. The van der Waals surface area contributed by atoms with Crippen LogP contribution in [-0.2, 0) is 6.42 Å². The van der Waals surface area contributed by atoms with Crippen molar-refractivity contribution in [2.24, 2.45) is 0 Å². The molecule has 5 heteroatoms. The number of pyridine rings is 1. The molecule has 0 aliphatic heterocycles. The summed E-state index contributed by atoms with van der Waals surface area (Å²) in [5.74, 6) is 0.628. The number of thiophene rings is 1. The lowest BCUT2D eigenvalue weighted by molar-refractivity contribution is 1.07. The summed E-state index contributed by atoms with van der Waals surface area (Å²) in [5.41, 5.74) is 2.49. The minimum atomic E-state index is 0.277. The Kier molecular flexibility index (Phi) is 3.48. The Labute approximate surface area is 120 Å². The SMILES string of the molecule is N#CCc1cc(-c2cccs2)nc(-c2ccncc2)n1. The standard InChI is InChI=1S/C15H10N4S/c16-6-3-12-10-13(14-2-1-9-20-14)19-15(18-12)11-4-7-17-8-5-11/h1-2,4-5,7-10H,3H2. The summed E-state index contributed by atoms with van der Waals surface area (Å²) in [6, 6.07) is 11.7. The van der Waals surface area contributed by atoms with Gasteiger partial charge in [0.1, 0.15) is 0 Å². The molecule has 0 bridgehead atoms. The third-order valence-corrected chi connectivity index (χ3v) is 3.64. The highest BCUT2D eigenvalue weighted by Gasteiger charge is 2.09. The van der Waals surface area contributed by atoms with Gasteiger partial charge in [-0.05, 0) is 29.6 Å². The summed E-state index contributed by atoms with van der Waals surface area (Å²) in [6.07, 6.45) is 3.69. The smallest absolute Gasteiger partial charge is 0.160 e. The fraction of sp³-hybridized carbons (Fsp3) is 0.0667. The van der Waals surface area contributed by atoms with Crippen LogP contribution in [0, 0.1) is 11.3 Å². The average Bonchev–Trinajstić information content (AvgIpc) is 3.02. The van der Waals surface area contributed by atoms with Gasteiger partial charge in [-0.25, -0.2) is 9.97 Å². The van der Waals surface area contributed by atoms with E-state index in [-0.39, 0.29) is 6.42 Å². The lowest BCUT2D eigenvalue weighted by Gasteiger charge is -2.05. The van der Waals surface area contributed by atoms with E-state index in [0.717, 1.165) is 21.8 Å². The van der Waals surface area contributed by atoms with E-state index < -0.39 is 0 Å². The van der Waals surface area contributed by atoms with Crippen LogP contribution >= 0.6 is 11.3 Å². The molecule has 0 spiro atoms. The van der Waals surface area contributed by atoms with Crippen LogP contribution in [0.3, 0.4) is 0 Å². The van der Waals surface area contributed by atoms with Crippen LogP contribution < -0.4 is 0 Å². The van der Waals surface area contributed by atoms with Crippen LogP contribution in [0.1, 0.15) is 5.69 Å². The van der Waals surface area contributed by atoms with Crippen LogP contribution in [0.4, 0.5) is 0 Å². The first-order valence-electron chi connectivity index (χ1n) is 6.06. The fourth-order valence-corrected chi connectivity index (χ4v) is 2.54. The van der Waals surface area contributed by atoms with E-state index in [0.29, 0.717) is 5.82 Å². The van der Waals surface area contributed by atoms with Crippen LogP contribution in [0.2, 0.25) is 0 Å². The van der Waals surface area contributed by atoms with Crippen molar-refractivity contribution in [1.29, 1.82) is 5.26 Å². The van der Waals surface area contributed by atoms with Crippen molar-refractivity contribution in [3.8, 4) is 28.0 Å². The summed E-state index contributed by atoms with van der Waals surface area (Å²) in [5, 5.41) is 10.9. The minimum Gasteiger partial charge on any atom is -0.265 e. The molecule has 0 saturated heterocycles. The second-order valence-corrected chi connectivity index (χ2v) is 5.06.